The van der Waals surface area contributed by atoms with Crippen LogP contribution in [0.25, 0.3) is 0 Å². The third kappa shape index (κ3) is 3.88. The lowest BCUT2D eigenvalue weighted by Gasteiger charge is -2.29. The van der Waals surface area contributed by atoms with E-state index >= 15 is 0 Å². The Balaban J connectivity index is 1.74. The molecule has 0 aromatic carbocycles. The quantitative estimate of drug-likeness (QED) is 0.802. The molecule has 0 saturated carbocycles. The van der Waals surface area contributed by atoms with Crippen LogP contribution in [0.2, 0.25) is 0 Å². The van der Waals surface area contributed by atoms with Crippen LogP contribution in [0.1, 0.15) is 25.0 Å². The number of carbonyl (C=O) groups excluding carboxylic acids is 1. The van der Waals surface area contributed by atoms with Crippen molar-refractivity contribution in [3.8, 4) is 6.07 Å². The lowest BCUT2D eigenvalue weighted by Crippen LogP contribution is -2.36. The van der Waals surface area contributed by atoms with Crippen LogP contribution in [0.3, 0.4) is 0 Å². The maximum absolute atomic E-state index is 13.5. The zero-order valence-corrected chi connectivity index (χ0v) is 15.4. The molecule has 0 saturated heterocycles. The summed E-state index contributed by atoms with van der Waals surface area (Å²) in [6.45, 7) is 1.79. The Morgan fingerprint density at radius 1 is 1.54 bits per heavy atom. The summed E-state index contributed by atoms with van der Waals surface area (Å²) in [7, 11) is 0. The monoisotopic (exact) mass is 400 g/mol. The molecule has 3 rings (SSSR count). The van der Waals surface area contributed by atoms with E-state index in [2.05, 4.69) is 15.6 Å². The summed E-state index contributed by atoms with van der Waals surface area (Å²) < 4.78 is 40.5. The molecule has 1 atom stereocenters. The molecule has 0 fully saturated rings. The van der Waals surface area contributed by atoms with Crippen molar-refractivity contribution in [1.29, 1.82) is 5.26 Å². The van der Waals surface area contributed by atoms with Gasteiger partial charge in [-0.2, -0.15) is 18.4 Å². The molecule has 1 aliphatic heterocycles. The van der Waals surface area contributed by atoms with Gasteiger partial charge in [-0.3, -0.25) is 4.79 Å². The van der Waals surface area contributed by atoms with E-state index < -0.39 is 17.1 Å². The Bertz CT molecular complexity index is 835. The summed E-state index contributed by atoms with van der Waals surface area (Å²) >= 11 is 2.25. The van der Waals surface area contributed by atoms with Crippen molar-refractivity contribution in [3.63, 3.8) is 0 Å². The predicted molar refractivity (Wildman–Crippen MR) is 94.4 cm³/mol. The van der Waals surface area contributed by atoms with Crippen molar-refractivity contribution in [2.75, 3.05) is 11.1 Å². The Labute approximate surface area is 156 Å². The third-order valence-corrected chi connectivity index (χ3v) is 6.00. The van der Waals surface area contributed by atoms with E-state index in [9.17, 15) is 23.2 Å². The van der Waals surface area contributed by atoms with E-state index in [1.165, 1.54) is 11.3 Å². The number of anilines is 1. The molecular weight excluding hydrogens is 385 g/mol. The van der Waals surface area contributed by atoms with Gasteiger partial charge in [0.2, 0.25) is 5.91 Å². The van der Waals surface area contributed by atoms with E-state index in [4.69, 9.17) is 0 Å². The molecule has 1 aliphatic carbocycles. The second kappa shape index (κ2) is 7.32. The number of alkyl halides is 3. The molecule has 1 unspecified atom stereocenters. The number of thiazole rings is 1. The second-order valence-corrected chi connectivity index (χ2v) is 7.84. The van der Waals surface area contributed by atoms with Crippen LogP contribution in [0.5, 0.6) is 0 Å². The fourth-order valence-corrected chi connectivity index (χ4v) is 4.65. The van der Waals surface area contributed by atoms with Gasteiger partial charge in [0, 0.05) is 11.1 Å². The van der Waals surface area contributed by atoms with Gasteiger partial charge in [-0.25, -0.2) is 4.98 Å². The normalized spacial score (nSPS) is 19.9. The van der Waals surface area contributed by atoms with Gasteiger partial charge in [-0.15, -0.1) is 23.1 Å². The smallest absolute Gasteiger partial charge is 0.372 e. The lowest BCUT2D eigenvalue weighted by molar-refractivity contribution is -0.113. The second-order valence-electron chi connectivity index (χ2n) is 5.89. The van der Waals surface area contributed by atoms with Gasteiger partial charge in [-0.05, 0) is 31.8 Å². The fourth-order valence-electron chi connectivity index (χ4n) is 2.99. The van der Waals surface area contributed by atoms with Gasteiger partial charge in [0.05, 0.1) is 28.7 Å². The van der Waals surface area contributed by atoms with Crippen LogP contribution in [-0.4, -0.2) is 28.2 Å². The highest BCUT2D eigenvalue weighted by molar-refractivity contribution is 8.00. The van der Waals surface area contributed by atoms with Crippen LogP contribution >= 0.6 is 23.1 Å². The Hall–Kier alpha value is -1.99. The van der Waals surface area contributed by atoms with Crippen LogP contribution in [0.4, 0.5) is 18.3 Å². The Morgan fingerprint density at radius 2 is 2.31 bits per heavy atom. The van der Waals surface area contributed by atoms with Crippen LogP contribution in [0, 0.1) is 18.3 Å². The highest BCUT2D eigenvalue weighted by Crippen LogP contribution is 2.45. The zero-order chi connectivity index (χ0) is 18.9. The molecule has 138 valence electrons. The molecule has 0 bridgehead atoms. The molecule has 2 N–H and O–H groups in total. The molecule has 0 spiro atoms. The van der Waals surface area contributed by atoms with Gasteiger partial charge >= 0.3 is 6.18 Å². The van der Waals surface area contributed by atoms with Crippen molar-refractivity contribution < 1.29 is 18.0 Å². The first-order chi connectivity index (χ1) is 12.3. The molecule has 1 amide bonds. The average Bonchev–Trinajstić information content (AvgIpc) is 3.18. The SMILES string of the molecule is Cc1csc(NC(=O)CSC2NC3=C(CCC3)C(C(F)(F)F)=C2C#N)n1. The summed E-state index contributed by atoms with van der Waals surface area (Å²) in [4.78, 5) is 16.1. The summed E-state index contributed by atoms with van der Waals surface area (Å²) in [5.41, 5.74) is 0.302. The first-order valence-corrected chi connectivity index (χ1v) is 9.76. The number of carbonyl (C=O) groups is 1. The minimum Gasteiger partial charge on any atom is -0.372 e. The number of hydrogen-bond donors (Lipinski definition) is 2. The highest BCUT2D eigenvalue weighted by Gasteiger charge is 2.45. The molecule has 1 aromatic rings. The Morgan fingerprint density at radius 3 is 2.92 bits per heavy atom. The number of halogens is 3. The summed E-state index contributed by atoms with van der Waals surface area (Å²) in [6.07, 6.45) is -3.13. The van der Waals surface area contributed by atoms with Crippen molar-refractivity contribution in [1.82, 2.24) is 10.3 Å². The van der Waals surface area contributed by atoms with Crippen molar-refractivity contribution in [2.45, 2.75) is 37.7 Å². The molecule has 1 aromatic heterocycles. The number of thioether (sulfide) groups is 1. The summed E-state index contributed by atoms with van der Waals surface area (Å²) in [5, 5.41) is 16.3. The van der Waals surface area contributed by atoms with Crippen LogP contribution in [-0.2, 0) is 4.79 Å². The van der Waals surface area contributed by atoms with E-state index in [0.29, 0.717) is 30.1 Å². The van der Waals surface area contributed by atoms with Crippen LogP contribution in [0.15, 0.2) is 27.8 Å². The summed E-state index contributed by atoms with van der Waals surface area (Å²) in [5.74, 6) is -0.460. The number of allylic oxidation sites excluding steroid dienone is 3. The van der Waals surface area contributed by atoms with Gasteiger partial charge in [-0.1, -0.05) is 0 Å². The molecule has 0 radical (unpaired) electrons. The number of amides is 1. The number of dihydropyridines is 1. The van der Waals surface area contributed by atoms with Crippen LogP contribution < -0.4 is 10.6 Å². The number of aromatic nitrogens is 1. The highest BCUT2D eigenvalue weighted by atomic mass is 32.2. The molecular formula is C16H15F3N4OS2. The minimum atomic E-state index is -4.59. The lowest BCUT2D eigenvalue weighted by atomic mass is 9.95. The van der Waals surface area contributed by atoms with Gasteiger partial charge in [0.15, 0.2) is 5.13 Å². The Kier molecular flexibility index (Phi) is 5.29. The van der Waals surface area contributed by atoms with Gasteiger partial charge < -0.3 is 10.6 Å². The number of nitriles is 1. The first-order valence-electron chi connectivity index (χ1n) is 7.83. The van der Waals surface area contributed by atoms with E-state index in [1.54, 1.807) is 18.4 Å². The number of nitrogens with zero attached hydrogens (tertiary/aromatic N) is 2. The number of rotatable bonds is 4. The third-order valence-electron chi connectivity index (χ3n) is 4.01. The minimum absolute atomic E-state index is 0.0881. The van der Waals surface area contributed by atoms with Gasteiger partial charge in [0.25, 0.3) is 0 Å². The maximum atomic E-state index is 13.5. The van der Waals surface area contributed by atoms with Gasteiger partial charge in [0.1, 0.15) is 5.37 Å². The standard InChI is InChI=1S/C16H15F3N4OS2/c1-8-6-26-15(21-8)23-12(24)7-25-14-10(5-20)13(16(17,18)19)9-3-2-4-11(9)22-14/h6,14,22H,2-4,7H2,1H3,(H,21,23,24). The topological polar surface area (TPSA) is 77.8 Å². The van der Waals surface area contributed by atoms with Crippen molar-refractivity contribution in [2.24, 2.45) is 0 Å². The van der Waals surface area contributed by atoms with E-state index in [1.807, 2.05) is 0 Å². The van der Waals surface area contributed by atoms with E-state index in [0.717, 1.165) is 17.5 Å². The molecule has 10 heteroatoms. The molecule has 2 aliphatic rings. The zero-order valence-electron chi connectivity index (χ0n) is 13.7. The largest absolute Gasteiger partial charge is 0.417 e. The number of hydrogen-bond acceptors (Lipinski definition) is 6. The molecule has 26 heavy (non-hydrogen) atoms. The van der Waals surface area contributed by atoms with Crippen molar-refractivity contribution in [3.05, 3.63) is 33.5 Å². The number of nitrogens with one attached hydrogen (secondary N) is 2. The number of aryl methyl sites for hydroxylation is 1. The average molecular weight is 400 g/mol. The van der Waals surface area contributed by atoms with Crippen molar-refractivity contribution >= 4 is 34.1 Å². The fraction of sp³-hybridized carbons (Fsp3) is 0.438. The first kappa shape index (κ1) is 18.8. The maximum Gasteiger partial charge on any atom is 0.417 e. The molecule has 5 nitrogen and oxygen atoms in total. The summed E-state index contributed by atoms with van der Waals surface area (Å²) in [6, 6.07) is 1.70. The predicted octanol–water partition coefficient (Wildman–Crippen LogP) is 3.87. The van der Waals surface area contributed by atoms with E-state index in [-0.39, 0.29) is 22.8 Å². The molecule has 2 heterocycles.